The van der Waals surface area contributed by atoms with Crippen LogP contribution in [0, 0.1) is 11.8 Å². The molecule has 13 heavy (non-hydrogen) atoms. The van der Waals surface area contributed by atoms with Crippen LogP contribution in [0.2, 0.25) is 0 Å². The van der Waals surface area contributed by atoms with Gasteiger partial charge in [0.15, 0.2) is 0 Å². The highest BCUT2D eigenvalue weighted by Gasteiger charge is 1.87. The quantitative estimate of drug-likeness (QED) is 0.512. The van der Waals surface area contributed by atoms with Gasteiger partial charge < -0.3 is 11.1 Å². The molecule has 0 unspecified atom stereocenters. The van der Waals surface area contributed by atoms with Crippen LogP contribution in [0.25, 0.3) is 0 Å². The number of hydrogen-bond acceptors (Lipinski definition) is 3. The highest BCUT2D eigenvalue weighted by molar-refractivity contribution is 5.43. The lowest BCUT2D eigenvalue weighted by Crippen LogP contribution is -2.05. The van der Waals surface area contributed by atoms with Gasteiger partial charge in [0.2, 0.25) is 0 Å². The number of nitrogens with two attached hydrogens (primary N) is 1. The van der Waals surface area contributed by atoms with Gasteiger partial charge in [-0.1, -0.05) is 11.8 Å². The normalized spacial score (nSPS) is 9.00. The summed E-state index contributed by atoms with van der Waals surface area (Å²) in [6, 6.07) is 1.82. The predicted molar refractivity (Wildman–Crippen MR) is 54.1 cm³/mol. The van der Waals surface area contributed by atoms with E-state index < -0.39 is 0 Å². The van der Waals surface area contributed by atoms with Crippen LogP contribution in [0.1, 0.15) is 12.0 Å². The molecule has 0 saturated heterocycles. The Bertz CT molecular complexity index is 322. The lowest BCUT2D eigenvalue weighted by molar-refractivity contribution is 0.818. The van der Waals surface area contributed by atoms with Crippen LogP contribution < -0.4 is 11.1 Å². The fraction of sp³-hybridized carbons (Fsp3) is 0.300. The van der Waals surface area contributed by atoms with E-state index in [4.69, 9.17) is 5.73 Å². The molecule has 0 saturated carbocycles. The molecule has 1 aromatic heterocycles. The van der Waals surface area contributed by atoms with E-state index in [9.17, 15) is 0 Å². The molecule has 3 nitrogen and oxygen atoms in total. The fourth-order valence-electron chi connectivity index (χ4n) is 0.878. The molecule has 0 spiro atoms. The molecular weight excluding hydrogens is 162 g/mol. The highest BCUT2D eigenvalue weighted by atomic mass is 14.8. The van der Waals surface area contributed by atoms with Crippen LogP contribution in [-0.2, 0) is 0 Å². The molecule has 3 heteroatoms. The minimum absolute atomic E-state index is 0.653. The summed E-state index contributed by atoms with van der Waals surface area (Å²) in [6.07, 6.45) is 4.16. The lowest BCUT2D eigenvalue weighted by atomic mass is 10.2. The first-order valence-electron chi connectivity index (χ1n) is 4.17. The number of nitrogens with one attached hydrogen (secondary N) is 1. The molecule has 1 heterocycles. The molecule has 0 radical (unpaired) electrons. The molecular formula is C10H13N3. The van der Waals surface area contributed by atoms with E-state index in [1.165, 1.54) is 0 Å². The number of anilines is 1. The van der Waals surface area contributed by atoms with Crippen LogP contribution in [0.4, 0.5) is 5.69 Å². The van der Waals surface area contributed by atoms with Crippen LogP contribution in [-0.4, -0.2) is 18.6 Å². The Kier molecular flexibility index (Phi) is 3.80. The van der Waals surface area contributed by atoms with Gasteiger partial charge in [0.05, 0.1) is 5.69 Å². The molecule has 1 rings (SSSR count). The van der Waals surface area contributed by atoms with E-state index in [2.05, 4.69) is 22.1 Å². The standard InChI is InChI=1S/C10H13N3/c1-12-5-3-2-4-9-6-10(11)8-13-7-9/h6-8,12H,3,5,11H2,1H3. The third-order valence-corrected chi connectivity index (χ3v) is 1.49. The van der Waals surface area contributed by atoms with Gasteiger partial charge in [-0.25, -0.2) is 0 Å². The topological polar surface area (TPSA) is 50.9 Å². The van der Waals surface area contributed by atoms with Crippen molar-refractivity contribution in [2.24, 2.45) is 0 Å². The van der Waals surface area contributed by atoms with Crippen LogP contribution in [0.15, 0.2) is 18.5 Å². The summed E-state index contributed by atoms with van der Waals surface area (Å²) in [5.41, 5.74) is 7.07. The van der Waals surface area contributed by atoms with Gasteiger partial charge in [-0.2, -0.15) is 0 Å². The molecule has 68 valence electrons. The van der Waals surface area contributed by atoms with Gasteiger partial charge in [-0.15, -0.1) is 0 Å². The number of hydrogen-bond donors (Lipinski definition) is 2. The molecule has 0 amide bonds. The first kappa shape index (κ1) is 9.56. The van der Waals surface area contributed by atoms with Crippen molar-refractivity contribution in [1.29, 1.82) is 0 Å². The van der Waals surface area contributed by atoms with E-state index in [0.29, 0.717) is 5.69 Å². The van der Waals surface area contributed by atoms with Gasteiger partial charge in [0.1, 0.15) is 0 Å². The van der Waals surface area contributed by atoms with Crippen molar-refractivity contribution in [2.75, 3.05) is 19.3 Å². The van der Waals surface area contributed by atoms with Gasteiger partial charge >= 0.3 is 0 Å². The zero-order chi connectivity index (χ0) is 9.52. The molecule has 0 atom stereocenters. The molecule has 3 N–H and O–H groups in total. The van der Waals surface area contributed by atoms with Crippen molar-refractivity contribution in [2.45, 2.75) is 6.42 Å². The number of pyridine rings is 1. The van der Waals surface area contributed by atoms with Crippen molar-refractivity contribution < 1.29 is 0 Å². The number of nitrogen functional groups attached to an aromatic ring is 1. The van der Waals surface area contributed by atoms with Gasteiger partial charge in [-0.3, -0.25) is 4.98 Å². The van der Waals surface area contributed by atoms with Gasteiger partial charge in [0, 0.05) is 30.9 Å². The third-order valence-electron chi connectivity index (χ3n) is 1.49. The third kappa shape index (κ3) is 3.59. The van der Waals surface area contributed by atoms with Crippen molar-refractivity contribution in [3.05, 3.63) is 24.0 Å². The Balaban J connectivity index is 2.56. The molecule has 0 fully saturated rings. The average molecular weight is 175 g/mol. The second-order valence-corrected chi connectivity index (χ2v) is 2.66. The average Bonchev–Trinajstić information content (AvgIpc) is 2.13. The highest BCUT2D eigenvalue weighted by Crippen LogP contribution is 2.01. The van der Waals surface area contributed by atoms with E-state index >= 15 is 0 Å². The largest absolute Gasteiger partial charge is 0.397 e. The summed E-state index contributed by atoms with van der Waals surface area (Å²) >= 11 is 0. The van der Waals surface area contributed by atoms with E-state index in [1.807, 2.05) is 13.1 Å². The first-order chi connectivity index (χ1) is 6.33. The zero-order valence-electron chi connectivity index (χ0n) is 7.67. The number of rotatable bonds is 2. The minimum Gasteiger partial charge on any atom is -0.397 e. The fourth-order valence-corrected chi connectivity index (χ4v) is 0.878. The van der Waals surface area contributed by atoms with Crippen LogP contribution >= 0.6 is 0 Å². The number of aromatic nitrogens is 1. The van der Waals surface area contributed by atoms with E-state index in [0.717, 1.165) is 18.5 Å². The maximum Gasteiger partial charge on any atom is 0.0513 e. The second-order valence-electron chi connectivity index (χ2n) is 2.66. The second kappa shape index (κ2) is 5.18. The Labute approximate surface area is 78.4 Å². The summed E-state index contributed by atoms with van der Waals surface area (Å²) in [6.45, 7) is 0.906. The Morgan fingerprint density at radius 3 is 3.08 bits per heavy atom. The summed E-state index contributed by atoms with van der Waals surface area (Å²) in [4.78, 5) is 3.94. The SMILES string of the molecule is CNCCC#Cc1cncc(N)c1. The smallest absolute Gasteiger partial charge is 0.0513 e. The maximum absolute atomic E-state index is 5.55. The Morgan fingerprint density at radius 2 is 2.38 bits per heavy atom. The molecule has 0 bridgehead atoms. The molecule has 0 aromatic carbocycles. The van der Waals surface area contributed by atoms with Crippen molar-refractivity contribution >= 4 is 5.69 Å². The molecule has 0 aliphatic heterocycles. The zero-order valence-corrected chi connectivity index (χ0v) is 7.67. The first-order valence-corrected chi connectivity index (χ1v) is 4.17. The summed E-state index contributed by atoms with van der Waals surface area (Å²) in [7, 11) is 1.91. The summed E-state index contributed by atoms with van der Waals surface area (Å²) < 4.78 is 0. The monoisotopic (exact) mass is 175 g/mol. The summed E-state index contributed by atoms with van der Waals surface area (Å²) in [5, 5.41) is 3.02. The minimum atomic E-state index is 0.653. The van der Waals surface area contributed by atoms with Crippen LogP contribution in [0.5, 0.6) is 0 Å². The van der Waals surface area contributed by atoms with Crippen molar-refractivity contribution in [3.8, 4) is 11.8 Å². The molecule has 1 aromatic rings. The molecule has 0 aliphatic rings. The van der Waals surface area contributed by atoms with E-state index in [1.54, 1.807) is 12.4 Å². The maximum atomic E-state index is 5.55. The predicted octanol–water partition coefficient (Wildman–Crippen LogP) is 0.625. The Morgan fingerprint density at radius 1 is 1.54 bits per heavy atom. The Hall–Kier alpha value is -1.53. The summed E-state index contributed by atoms with van der Waals surface area (Å²) in [5.74, 6) is 6.01. The number of nitrogens with zero attached hydrogens (tertiary/aromatic N) is 1. The van der Waals surface area contributed by atoms with Crippen molar-refractivity contribution in [3.63, 3.8) is 0 Å². The van der Waals surface area contributed by atoms with Crippen LogP contribution in [0.3, 0.4) is 0 Å². The van der Waals surface area contributed by atoms with Gasteiger partial charge in [0.25, 0.3) is 0 Å². The van der Waals surface area contributed by atoms with E-state index in [-0.39, 0.29) is 0 Å². The molecule has 0 aliphatic carbocycles. The lowest BCUT2D eigenvalue weighted by Gasteiger charge is -1.92. The van der Waals surface area contributed by atoms with Gasteiger partial charge in [-0.05, 0) is 13.1 Å². The van der Waals surface area contributed by atoms with Crippen molar-refractivity contribution in [1.82, 2.24) is 10.3 Å².